The van der Waals surface area contributed by atoms with Crippen LogP contribution in [0.25, 0.3) is 16.7 Å². The van der Waals surface area contributed by atoms with Crippen LogP contribution in [0.5, 0.6) is 5.88 Å². The third-order valence-corrected chi connectivity index (χ3v) is 8.42. The number of nitrogens with zero attached hydrogens (tertiary/aromatic N) is 7. The van der Waals surface area contributed by atoms with Crippen LogP contribution >= 0.6 is 23.2 Å². The average molecular weight is 646 g/mol. The molecule has 0 radical (unpaired) electrons. The van der Waals surface area contributed by atoms with Crippen molar-refractivity contribution >= 4 is 51.8 Å². The number of ether oxygens (including phenoxy) is 1. The monoisotopic (exact) mass is 645 g/mol. The van der Waals surface area contributed by atoms with Crippen molar-refractivity contribution in [1.29, 1.82) is 0 Å². The van der Waals surface area contributed by atoms with Gasteiger partial charge in [0.2, 0.25) is 11.3 Å². The first-order valence-corrected chi connectivity index (χ1v) is 14.4. The molecule has 0 amide bonds. The van der Waals surface area contributed by atoms with E-state index in [1.54, 1.807) is 30.5 Å². The molecule has 0 bridgehead atoms. The molecule has 1 atom stereocenters. The number of anilines is 2. The number of aromatic nitrogens is 4. The molecule has 6 rings (SSSR count). The van der Waals surface area contributed by atoms with Crippen molar-refractivity contribution in [2.75, 3.05) is 50.1 Å². The molecule has 2 saturated heterocycles. The van der Waals surface area contributed by atoms with Gasteiger partial charge in [-0.15, -0.1) is 0 Å². The lowest BCUT2D eigenvalue weighted by Crippen LogP contribution is -2.57. The standard InChI is InChI=1S/C29H27Cl2F2N7O4/c1-37(2)18-11-38(12-18)23-6-5-16(10-35-23)39-13-20(28(42)43)24(41)19-8-22(31)26(36-25(19)39)40-15-29(32,33)9-17(40)14-44-27-21(30)4-3-7-34-27/h3-8,10,13,17-18H,9,11-12,14-15H2,1-2H3,(H,42,43)/t17-/m1/s1. The van der Waals surface area contributed by atoms with Gasteiger partial charge in [0.05, 0.1) is 34.9 Å². The number of carboxylic acid groups (broad SMARTS) is 1. The molecule has 0 saturated carbocycles. The lowest BCUT2D eigenvalue weighted by atomic mass is 10.1. The fourth-order valence-corrected chi connectivity index (χ4v) is 5.82. The second kappa shape index (κ2) is 11.5. The van der Waals surface area contributed by atoms with Crippen molar-refractivity contribution in [3.05, 3.63) is 74.8 Å². The van der Waals surface area contributed by atoms with E-state index in [0.717, 1.165) is 25.1 Å². The smallest absolute Gasteiger partial charge is 0.341 e. The van der Waals surface area contributed by atoms with Crippen molar-refractivity contribution in [1.82, 2.24) is 24.4 Å². The Hall–Kier alpha value is -4.07. The van der Waals surface area contributed by atoms with Crippen LogP contribution in [0.3, 0.4) is 0 Å². The van der Waals surface area contributed by atoms with Crippen LogP contribution in [-0.2, 0) is 0 Å². The number of alkyl halides is 2. The van der Waals surface area contributed by atoms with Gasteiger partial charge in [0.1, 0.15) is 23.0 Å². The highest BCUT2D eigenvalue weighted by Crippen LogP contribution is 2.39. The molecule has 15 heteroatoms. The fraction of sp³-hybridized carbons (Fsp3) is 0.345. The molecule has 6 heterocycles. The number of rotatable bonds is 8. The van der Waals surface area contributed by atoms with Crippen molar-refractivity contribution in [2.24, 2.45) is 0 Å². The molecule has 230 valence electrons. The van der Waals surface area contributed by atoms with Crippen LogP contribution in [0.4, 0.5) is 20.4 Å². The van der Waals surface area contributed by atoms with Gasteiger partial charge in [0.15, 0.2) is 11.5 Å². The van der Waals surface area contributed by atoms with Gasteiger partial charge in [-0.1, -0.05) is 23.2 Å². The minimum absolute atomic E-state index is 0.00632. The number of halogens is 4. The summed E-state index contributed by atoms with van der Waals surface area (Å²) in [5.74, 6) is -3.69. The molecule has 4 aromatic rings. The van der Waals surface area contributed by atoms with E-state index >= 15 is 0 Å². The Morgan fingerprint density at radius 1 is 1.18 bits per heavy atom. The lowest BCUT2D eigenvalue weighted by Gasteiger charge is -2.43. The number of aromatic carboxylic acids is 1. The van der Waals surface area contributed by atoms with Crippen molar-refractivity contribution in [3.63, 3.8) is 0 Å². The molecule has 0 aliphatic carbocycles. The van der Waals surface area contributed by atoms with E-state index in [-0.39, 0.29) is 39.4 Å². The number of likely N-dealkylation sites (N-methyl/N-ethyl adjacent to an activating group) is 1. The van der Waals surface area contributed by atoms with E-state index in [9.17, 15) is 23.5 Å². The summed E-state index contributed by atoms with van der Waals surface area (Å²) in [6, 6.07) is 7.52. The summed E-state index contributed by atoms with van der Waals surface area (Å²) in [6.07, 6.45) is 3.62. The largest absolute Gasteiger partial charge is 0.477 e. The van der Waals surface area contributed by atoms with E-state index in [1.807, 2.05) is 14.1 Å². The molecule has 2 aliphatic heterocycles. The van der Waals surface area contributed by atoms with E-state index in [4.69, 9.17) is 27.9 Å². The molecular formula is C29H27Cl2F2N7O4. The Bertz CT molecular complexity index is 1800. The Balaban J connectivity index is 1.40. The molecule has 2 aliphatic rings. The van der Waals surface area contributed by atoms with Crippen molar-refractivity contribution < 1.29 is 23.4 Å². The minimum atomic E-state index is -3.09. The first kappa shape index (κ1) is 30.0. The topological polar surface area (TPSA) is 117 Å². The van der Waals surface area contributed by atoms with E-state index in [0.29, 0.717) is 11.7 Å². The van der Waals surface area contributed by atoms with Crippen molar-refractivity contribution in [2.45, 2.75) is 24.4 Å². The van der Waals surface area contributed by atoms with Gasteiger partial charge in [0, 0.05) is 37.9 Å². The molecular weight excluding hydrogens is 619 g/mol. The first-order valence-electron chi connectivity index (χ1n) is 13.7. The van der Waals surface area contributed by atoms with Gasteiger partial charge >= 0.3 is 5.97 Å². The number of pyridine rings is 4. The minimum Gasteiger partial charge on any atom is -0.477 e. The summed E-state index contributed by atoms with van der Waals surface area (Å²) in [6.45, 7) is 0.728. The molecule has 4 aromatic heterocycles. The number of hydrogen-bond donors (Lipinski definition) is 1. The van der Waals surface area contributed by atoms with E-state index in [2.05, 4.69) is 24.8 Å². The number of carbonyl (C=O) groups is 1. The highest BCUT2D eigenvalue weighted by Gasteiger charge is 2.46. The molecule has 0 spiro atoms. The average Bonchev–Trinajstić information content (AvgIpc) is 3.26. The second-order valence-corrected chi connectivity index (χ2v) is 11.9. The second-order valence-electron chi connectivity index (χ2n) is 11.1. The third-order valence-electron chi connectivity index (χ3n) is 7.86. The Labute approximate surface area is 260 Å². The number of fused-ring (bicyclic) bond motifs is 1. The maximum atomic E-state index is 14.8. The molecule has 1 N–H and O–H groups in total. The summed E-state index contributed by atoms with van der Waals surface area (Å²) < 4.78 is 36.7. The third kappa shape index (κ3) is 5.62. The summed E-state index contributed by atoms with van der Waals surface area (Å²) >= 11 is 12.7. The molecule has 11 nitrogen and oxygen atoms in total. The summed E-state index contributed by atoms with van der Waals surface area (Å²) in [5.41, 5.74) is -0.854. The Morgan fingerprint density at radius 2 is 1.95 bits per heavy atom. The highest BCUT2D eigenvalue weighted by molar-refractivity contribution is 6.33. The maximum Gasteiger partial charge on any atom is 0.341 e. The zero-order valence-electron chi connectivity index (χ0n) is 23.6. The molecule has 0 unspecified atom stereocenters. The molecule has 44 heavy (non-hydrogen) atoms. The lowest BCUT2D eigenvalue weighted by molar-refractivity contribution is 0.0205. The van der Waals surface area contributed by atoms with Gasteiger partial charge in [0.25, 0.3) is 5.92 Å². The van der Waals surface area contributed by atoms with Crippen LogP contribution in [0, 0.1) is 0 Å². The normalized spacial score (nSPS) is 18.2. The van der Waals surface area contributed by atoms with Gasteiger partial charge in [-0.05, 0) is 44.4 Å². The zero-order chi connectivity index (χ0) is 31.3. The van der Waals surface area contributed by atoms with E-state index in [1.165, 1.54) is 21.7 Å². The Kier molecular flexibility index (Phi) is 7.80. The number of carboxylic acids is 1. The van der Waals surface area contributed by atoms with Crippen LogP contribution in [0.1, 0.15) is 16.8 Å². The van der Waals surface area contributed by atoms with E-state index < -0.39 is 41.9 Å². The van der Waals surface area contributed by atoms with Crippen LogP contribution in [0.2, 0.25) is 10.0 Å². The zero-order valence-corrected chi connectivity index (χ0v) is 25.1. The number of hydrogen-bond acceptors (Lipinski definition) is 9. The first-order chi connectivity index (χ1) is 20.9. The summed E-state index contributed by atoms with van der Waals surface area (Å²) in [7, 11) is 4.03. The Morgan fingerprint density at radius 3 is 2.61 bits per heavy atom. The maximum absolute atomic E-state index is 14.8. The summed E-state index contributed by atoms with van der Waals surface area (Å²) in [5, 5.41) is 9.82. The van der Waals surface area contributed by atoms with Crippen molar-refractivity contribution in [3.8, 4) is 11.6 Å². The van der Waals surface area contributed by atoms with Gasteiger partial charge < -0.3 is 24.5 Å². The molecule has 2 fully saturated rings. The predicted octanol–water partition coefficient (Wildman–Crippen LogP) is 4.22. The van der Waals surface area contributed by atoms with Gasteiger partial charge in [-0.25, -0.2) is 28.5 Å². The highest BCUT2D eigenvalue weighted by atomic mass is 35.5. The van der Waals surface area contributed by atoms with Crippen LogP contribution < -0.4 is 20.0 Å². The van der Waals surface area contributed by atoms with Gasteiger partial charge in [-0.3, -0.25) is 9.36 Å². The van der Waals surface area contributed by atoms with Crippen LogP contribution in [-0.4, -0.2) is 93.8 Å². The SMILES string of the molecule is CN(C)C1CN(c2ccc(-n3cc(C(=O)O)c(=O)c4cc(Cl)c(N5CC(F)(F)C[C@@H]5COc5ncccc5Cl)nc43)cn2)C1. The predicted molar refractivity (Wildman–Crippen MR) is 162 cm³/mol. The van der Waals surface area contributed by atoms with Crippen LogP contribution in [0.15, 0.2) is 53.7 Å². The quantitative estimate of drug-likeness (QED) is 0.298. The fourth-order valence-electron chi connectivity index (χ4n) is 5.39. The van der Waals surface area contributed by atoms with Gasteiger partial charge in [-0.2, -0.15) is 0 Å². The summed E-state index contributed by atoms with van der Waals surface area (Å²) in [4.78, 5) is 43.9. The molecule has 0 aromatic carbocycles.